The highest BCUT2D eigenvalue weighted by molar-refractivity contribution is 5.96. The van der Waals surface area contributed by atoms with Crippen LogP contribution in [0, 0.1) is 21.4 Å². The van der Waals surface area contributed by atoms with Gasteiger partial charge in [-0.1, -0.05) is 25.3 Å². The van der Waals surface area contributed by atoms with E-state index in [4.69, 9.17) is 4.74 Å². The number of carbonyl (C=O) groups is 3. The Hall–Kier alpha value is -3.48. The van der Waals surface area contributed by atoms with Gasteiger partial charge in [0.15, 0.2) is 6.61 Å². The first-order chi connectivity index (χ1) is 13.3. The number of rotatable bonds is 7. The Labute approximate surface area is 161 Å². The summed E-state index contributed by atoms with van der Waals surface area (Å²) < 4.78 is 4.80. The molecule has 1 saturated carbocycles. The lowest BCUT2D eigenvalue weighted by atomic mass is 9.83. The second-order valence-electron chi connectivity index (χ2n) is 6.45. The first-order valence-electron chi connectivity index (χ1n) is 8.76. The zero-order chi connectivity index (χ0) is 20.6. The summed E-state index contributed by atoms with van der Waals surface area (Å²) in [5.41, 5.74) is -1.15. The van der Waals surface area contributed by atoms with Crippen molar-refractivity contribution in [1.82, 2.24) is 10.6 Å². The molecule has 1 aromatic carbocycles. The van der Waals surface area contributed by atoms with E-state index in [0.29, 0.717) is 12.8 Å². The SMILES string of the molecule is N#CC1(NC(=O)COC(=O)CNC(=O)c2cccc([N+](=O)[O-])c2)CCCCC1. The minimum absolute atomic E-state index is 0.0213. The lowest BCUT2D eigenvalue weighted by molar-refractivity contribution is -0.384. The van der Waals surface area contributed by atoms with Gasteiger partial charge in [0, 0.05) is 17.7 Å². The highest BCUT2D eigenvalue weighted by Gasteiger charge is 2.33. The molecule has 10 nitrogen and oxygen atoms in total. The van der Waals surface area contributed by atoms with E-state index in [0.717, 1.165) is 25.3 Å². The van der Waals surface area contributed by atoms with Gasteiger partial charge in [0.25, 0.3) is 17.5 Å². The average molecular weight is 388 g/mol. The van der Waals surface area contributed by atoms with Gasteiger partial charge in [-0.25, -0.2) is 0 Å². The number of hydrogen-bond donors (Lipinski definition) is 2. The molecule has 0 radical (unpaired) electrons. The third kappa shape index (κ3) is 5.77. The van der Waals surface area contributed by atoms with Crippen molar-refractivity contribution in [3.63, 3.8) is 0 Å². The average Bonchev–Trinajstić information content (AvgIpc) is 2.71. The summed E-state index contributed by atoms with van der Waals surface area (Å²) in [5.74, 6) is -2.11. The van der Waals surface area contributed by atoms with E-state index < -0.39 is 41.4 Å². The molecule has 1 aromatic rings. The van der Waals surface area contributed by atoms with Crippen molar-refractivity contribution < 1.29 is 24.0 Å². The molecule has 0 unspecified atom stereocenters. The minimum Gasteiger partial charge on any atom is -0.454 e. The monoisotopic (exact) mass is 388 g/mol. The van der Waals surface area contributed by atoms with E-state index in [2.05, 4.69) is 16.7 Å². The topological polar surface area (TPSA) is 151 Å². The fraction of sp³-hybridized carbons (Fsp3) is 0.444. The molecule has 2 N–H and O–H groups in total. The van der Waals surface area contributed by atoms with E-state index in [1.165, 1.54) is 18.2 Å². The predicted octanol–water partition coefficient (Wildman–Crippen LogP) is 1.21. The van der Waals surface area contributed by atoms with Gasteiger partial charge in [-0.3, -0.25) is 24.5 Å². The zero-order valence-electron chi connectivity index (χ0n) is 15.1. The van der Waals surface area contributed by atoms with Crippen LogP contribution in [0.5, 0.6) is 0 Å². The van der Waals surface area contributed by atoms with Gasteiger partial charge in [-0.2, -0.15) is 5.26 Å². The molecule has 10 heteroatoms. The molecule has 1 fully saturated rings. The van der Waals surface area contributed by atoms with Crippen LogP contribution >= 0.6 is 0 Å². The Balaban J connectivity index is 1.77. The highest BCUT2D eigenvalue weighted by atomic mass is 16.6. The molecule has 0 spiro atoms. The fourth-order valence-electron chi connectivity index (χ4n) is 2.94. The van der Waals surface area contributed by atoms with E-state index in [1.807, 2.05) is 0 Å². The molecular weight excluding hydrogens is 368 g/mol. The third-order valence-electron chi connectivity index (χ3n) is 4.38. The highest BCUT2D eigenvalue weighted by Crippen LogP contribution is 2.27. The van der Waals surface area contributed by atoms with Gasteiger partial charge in [-0.15, -0.1) is 0 Å². The van der Waals surface area contributed by atoms with Crippen molar-refractivity contribution in [2.45, 2.75) is 37.6 Å². The molecule has 1 aliphatic carbocycles. The summed E-state index contributed by atoms with van der Waals surface area (Å²) in [4.78, 5) is 45.7. The van der Waals surface area contributed by atoms with Crippen LogP contribution in [0.25, 0.3) is 0 Å². The van der Waals surface area contributed by atoms with Crippen molar-refractivity contribution in [1.29, 1.82) is 5.26 Å². The summed E-state index contributed by atoms with van der Waals surface area (Å²) in [7, 11) is 0. The number of esters is 1. The number of nitrogens with one attached hydrogen (secondary N) is 2. The van der Waals surface area contributed by atoms with Crippen LogP contribution in [0.3, 0.4) is 0 Å². The van der Waals surface area contributed by atoms with E-state index >= 15 is 0 Å². The first-order valence-corrected chi connectivity index (χ1v) is 8.76. The standard InChI is InChI=1S/C18H20N4O6/c19-12-18(7-2-1-3-8-18)21-15(23)11-28-16(24)10-20-17(25)13-5-4-6-14(9-13)22(26)27/h4-6,9H,1-3,7-8,10-11H2,(H,20,25)(H,21,23). The van der Waals surface area contributed by atoms with Crippen LogP contribution in [-0.4, -0.2) is 41.4 Å². The number of non-ortho nitro benzene ring substituents is 1. The van der Waals surface area contributed by atoms with Crippen LogP contribution in [0.1, 0.15) is 42.5 Å². The van der Waals surface area contributed by atoms with Gasteiger partial charge in [0.2, 0.25) is 0 Å². The lowest BCUT2D eigenvalue weighted by Gasteiger charge is -2.31. The van der Waals surface area contributed by atoms with Crippen molar-refractivity contribution in [3.8, 4) is 6.07 Å². The number of nitro benzene ring substituents is 1. The van der Waals surface area contributed by atoms with Crippen LogP contribution in [0.4, 0.5) is 5.69 Å². The normalized spacial score (nSPS) is 15.0. The number of benzene rings is 1. The Morgan fingerprint density at radius 1 is 1.25 bits per heavy atom. The van der Waals surface area contributed by atoms with E-state index in [-0.39, 0.29) is 11.3 Å². The third-order valence-corrected chi connectivity index (χ3v) is 4.38. The van der Waals surface area contributed by atoms with Crippen LogP contribution in [0.15, 0.2) is 24.3 Å². The van der Waals surface area contributed by atoms with Crippen LogP contribution in [0.2, 0.25) is 0 Å². The minimum atomic E-state index is -0.919. The number of hydrogen-bond acceptors (Lipinski definition) is 7. The molecule has 28 heavy (non-hydrogen) atoms. The Bertz CT molecular complexity index is 811. The van der Waals surface area contributed by atoms with Gasteiger partial charge in [0.1, 0.15) is 12.1 Å². The molecule has 0 aliphatic heterocycles. The van der Waals surface area contributed by atoms with Crippen molar-refractivity contribution in [2.75, 3.05) is 13.2 Å². The smallest absolute Gasteiger partial charge is 0.325 e. The van der Waals surface area contributed by atoms with Gasteiger partial charge in [0.05, 0.1) is 11.0 Å². The molecular formula is C18H20N4O6. The number of ether oxygens (including phenoxy) is 1. The molecule has 0 saturated heterocycles. The number of nitro groups is 1. The number of amides is 2. The van der Waals surface area contributed by atoms with Crippen LogP contribution < -0.4 is 10.6 Å². The molecule has 0 aromatic heterocycles. The summed E-state index contributed by atoms with van der Waals surface area (Å²) in [6, 6.07) is 7.17. The fourth-order valence-corrected chi connectivity index (χ4v) is 2.94. The predicted molar refractivity (Wildman–Crippen MR) is 96.0 cm³/mol. The van der Waals surface area contributed by atoms with Gasteiger partial charge >= 0.3 is 5.97 Å². The molecule has 1 aliphatic rings. The van der Waals surface area contributed by atoms with Gasteiger partial charge < -0.3 is 15.4 Å². The molecule has 0 bridgehead atoms. The maximum Gasteiger partial charge on any atom is 0.325 e. The van der Waals surface area contributed by atoms with E-state index in [9.17, 15) is 29.8 Å². The van der Waals surface area contributed by atoms with Crippen molar-refractivity contribution >= 4 is 23.5 Å². The zero-order valence-corrected chi connectivity index (χ0v) is 15.1. The summed E-state index contributed by atoms with van der Waals surface area (Å²) in [6.07, 6.45) is 3.82. The van der Waals surface area contributed by atoms with Crippen molar-refractivity contribution in [2.24, 2.45) is 0 Å². The second kappa shape index (κ2) is 9.45. The first kappa shape index (κ1) is 20.8. The largest absolute Gasteiger partial charge is 0.454 e. The number of nitrogens with zero attached hydrogens (tertiary/aromatic N) is 2. The second-order valence-corrected chi connectivity index (χ2v) is 6.45. The van der Waals surface area contributed by atoms with E-state index in [1.54, 1.807) is 0 Å². The quantitative estimate of drug-likeness (QED) is 0.404. The molecule has 0 heterocycles. The maximum absolute atomic E-state index is 12.0. The van der Waals surface area contributed by atoms with Crippen LogP contribution in [-0.2, 0) is 14.3 Å². The molecule has 2 rings (SSSR count). The molecule has 148 valence electrons. The Morgan fingerprint density at radius 3 is 2.61 bits per heavy atom. The van der Waals surface area contributed by atoms with Crippen molar-refractivity contribution in [3.05, 3.63) is 39.9 Å². The Kier molecular flexibility index (Phi) is 7.03. The summed E-state index contributed by atoms with van der Waals surface area (Å²) in [6.45, 7) is -1.06. The Morgan fingerprint density at radius 2 is 1.96 bits per heavy atom. The lowest BCUT2D eigenvalue weighted by Crippen LogP contribution is -2.50. The number of nitriles is 1. The van der Waals surface area contributed by atoms with Gasteiger partial charge in [-0.05, 0) is 18.9 Å². The molecule has 2 amide bonds. The maximum atomic E-state index is 12.0. The molecule has 0 atom stereocenters. The summed E-state index contributed by atoms with van der Waals surface area (Å²) in [5, 5.41) is 24.9. The number of carbonyl (C=O) groups excluding carboxylic acids is 3. The summed E-state index contributed by atoms with van der Waals surface area (Å²) >= 11 is 0.